The number of methoxy groups -OCH3 is 2. The zero-order valence-corrected chi connectivity index (χ0v) is 16.1. The predicted molar refractivity (Wildman–Crippen MR) is 107 cm³/mol. The molecule has 2 aromatic carbocycles. The molecule has 0 saturated heterocycles. The molecule has 152 valence electrons. The summed E-state index contributed by atoms with van der Waals surface area (Å²) in [6, 6.07) is 11.0. The van der Waals surface area contributed by atoms with Crippen LogP contribution in [-0.4, -0.2) is 45.5 Å². The van der Waals surface area contributed by atoms with Crippen molar-refractivity contribution in [1.29, 1.82) is 0 Å². The van der Waals surface area contributed by atoms with Crippen molar-refractivity contribution >= 4 is 11.9 Å². The number of ether oxygens (including phenoxy) is 2. The van der Waals surface area contributed by atoms with E-state index in [1.165, 1.54) is 25.4 Å². The van der Waals surface area contributed by atoms with Gasteiger partial charge in [0.05, 0.1) is 37.2 Å². The third-order valence-corrected chi connectivity index (χ3v) is 4.39. The van der Waals surface area contributed by atoms with Crippen LogP contribution in [0.4, 0.5) is 10.3 Å². The lowest BCUT2D eigenvalue weighted by molar-refractivity contribution is 0.102. The van der Waals surface area contributed by atoms with Gasteiger partial charge in [-0.2, -0.15) is 10.1 Å². The van der Waals surface area contributed by atoms with E-state index in [2.05, 4.69) is 30.7 Å². The van der Waals surface area contributed by atoms with Gasteiger partial charge in [0.15, 0.2) is 5.82 Å². The van der Waals surface area contributed by atoms with Crippen LogP contribution in [0, 0.1) is 5.82 Å². The number of carbonyl (C=O) groups is 1. The van der Waals surface area contributed by atoms with Crippen molar-refractivity contribution in [2.24, 2.45) is 0 Å². The molecular weight excluding hydrogens is 391 g/mol. The molecule has 0 aliphatic rings. The first-order valence-electron chi connectivity index (χ1n) is 8.84. The fourth-order valence-electron chi connectivity index (χ4n) is 2.90. The normalized spacial score (nSPS) is 10.6. The molecule has 0 aliphatic carbocycles. The van der Waals surface area contributed by atoms with Crippen LogP contribution in [-0.2, 0) is 0 Å². The van der Waals surface area contributed by atoms with Crippen LogP contribution in [0.1, 0.15) is 10.4 Å². The minimum Gasteiger partial charge on any atom is -0.497 e. The van der Waals surface area contributed by atoms with Gasteiger partial charge in [0.1, 0.15) is 17.3 Å². The molecule has 0 spiro atoms. The van der Waals surface area contributed by atoms with E-state index in [9.17, 15) is 9.18 Å². The van der Waals surface area contributed by atoms with Crippen LogP contribution in [0.3, 0.4) is 0 Å². The van der Waals surface area contributed by atoms with E-state index < -0.39 is 5.91 Å². The minimum atomic E-state index is -0.463. The van der Waals surface area contributed by atoms with Crippen molar-refractivity contribution in [1.82, 2.24) is 25.4 Å². The number of nitrogens with one attached hydrogen (secondary N) is 3. The summed E-state index contributed by atoms with van der Waals surface area (Å²) in [5, 5.41) is 16.1. The van der Waals surface area contributed by atoms with E-state index >= 15 is 0 Å². The molecule has 0 unspecified atom stereocenters. The van der Waals surface area contributed by atoms with Crippen molar-refractivity contribution in [2.45, 2.75) is 0 Å². The summed E-state index contributed by atoms with van der Waals surface area (Å²) in [6.07, 6.45) is 1.38. The Kier molecular flexibility index (Phi) is 5.12. The molecule has 0 saturated carbocycles. The first-order chi connectivity index (χ1) is 14.6. The highest BCUT2D eigenvalue weighted by Gasteiger charge is 2.18. The van der Waals surface area contributed by atoms with Gasteiger partial charge in [-0.15, -0.1) is 5.10 Å². The molecule has 0 atom stereocenters. The molecule has 2 aromatic heterocycles. The zero-order valence-electron chi connectivity index (χ0n) is 16.1. The van der Waals surface area contributed by atoms with E-state index in [-0.39, 0.29) is 17.3 Å². The molecule has 4 rings (SSSR count). The number of carbonyl (C=O) groups excluding carboxylic acids is 1. The van der Waals surface area contributed by atoms with Crippen molar-refractivity contribution in [3.05, 3.63) is 60.0 Å². The first kappa shape index (κ1) is 19.1. The van der Waals surface area contributed by atoms with Crippen LogP contribution in [0.25, 0.3) is 22.6 Å². The smallest absolute Gasteiger partial charge is 0.261 e. The summed E-state index contributed by atoms with van der Waals surface area (Å²) in [6.45, 7) is 0. The number of aromatic nitrogens is 5. The standard InChI is InChI=1S/C20H17FN6O3/c1-29-13-7-8-14(16(9-13)30-2)18-23-20(27-26-18)24-19(28)15-10-22-25-17(15)11-3-5-12(21)6-4-11/h3-10H,1-2H3,(H,22,25)(H2,23,24,26,27,28). The Morgan fingerprint density at radius 2 is 1.87 bits per heavy atom. The highest BCUT2D eigenvalue weighted by atomic mass is 19.1. The van der Waals surface area contributed by atoms with Gasteiger partial charge in [0.2, 0.25) is 5.95 Å². The monoisotopic (exact) mass is 408 g/mol. The molecule has 0 aliphatic heterocycles. The molecule has 2 heterocycles. The molecule has 10 heteroatoms. The van der Waals surface area contributed by atoms with Gasteiger partial charge in [-0.25, -0.2) is 4.39 Å². The molecule has 9 nitrogen and oxygen atoms in total. The van der Waals surface area contributed by atoms with E-state index in [0.717, 1.165) is 0 Å². The largest absolute Gasteiger partial charge is 0.497 e. The lowest BCUT2D eigenvalue weighted by Crippen LogP contribution is -2.13. The molecule has 0 fully saturated rings. The summed E-state index contributed by atoms with van der Waals surface area (Å²) in [4.78, 5) is 17.0. The summed E-state index contributed by atoms with van der Waals surface area (Å²) >= 11 is 0. The summed E-state index contributed by atoms with van der Waals surface area (Å²) < 4.78 is 23.7. The summed E-state index contributed by atoms with van der Waals surface area (Å²) in [5.74, 6) is 0.838. The Labute approximate surface area is 170 Å². The number of hydrogen-bond acceptors (Lipinski definition) is 6. The Hall–Kier alpha value is -4.21. The molecule has 0 radical (unpaired) electrons. The maximum Gasteiger partial charge on any atom is 0.261 e. The van der Waals surface area contributed by atoms with Crippen LogP contribution in [0.2, 0.25) is 0 Å². The van der Waals surface area contributed by atoms with Crippen LogP contribution >= 0.6 is 0 Å². The predicted octanol–water partition coefficient (Wildman–Crippen LogP) is 3.27. The van der Waals surface area contributed by atoms with Crippen molar-refractivity contribution in [3.8, 4) is 34.1 Å². The lowest BCUT2D eigenvalue weighted by atomic mass is 10.1. The number of amides is 1. The second-order valence-corrected chi connectivity index (χ2v) is 6.19. The number of rotatable bonds is 6. The Morgan fingerprint density at radius 1 is 1.07 bits per heavy atom. The summed E-state index contributed by atoms with van der Waals surface area (Å²) in [7, 11) is 3.10. The second-order valence-electron chi connectivity index (χ2n) is 6.19. The lowest BCUT2D eigenvalue weighted by Gasteiger charge is -2.07. The maximum absolute atomic E-state index is 13.2. The van der Waals surface area contributed by atoms with Crippen molar-refractivity contribution < 1.29 is 18.7 Å². The van der Waals surface area contributed by atoms with Gasteiger partial charge in [0.25, 0.3) is 5.91 Å². The first-order valence-corrected chi connectivity index (χ1v) is 8.84. The third kappa shape index (κ3) is 3.70. The summed E-state index contributed by atoms with van der Waals surface area (Å²) in [5.41, 5.74) is 2.01. The van der Waals surface area contributed by atoms with Gasteiger partial charge in [-0.3, -0.25) is 20.3 Å². The molecular formula is C20H17FN6O3. The highest BCUT2D eigenvalue weighted by molar-refractivity contribution is 6.07. The Bertz CT molecular complexity index is 1190. The number of H-pyrrole nitrogens is 2. The van der Waals surface area contributed by atoms with E-state index in [4.69, 9.17) is 9.47 Å². The fourth-order valence-corrected chi connectivity index (χ4v) is 2.90. The topological polar surface area (TPSA) is 118 Å². The van der Waals surface area contributed by atoms with Crippen LogP contribution < -0.4 is 14.8 Å². The third-order valence-electron chi connectivity index (χ3n) is 4.39. The SMILES string of the molecule is COc1ccc(-c2nc(NC(=O)c3cn[nH]c3-c3ccc(F)cc3)n[nH]2)c(OC)c1. The van der Waals surface area contributed by atoms with Gasteiger partial charge < -0.3 is 9.47 Å². The van der Waals surface area contributed by atoms with Crippen molar-refractivity contribution in [2.75, 3.05) is 19.5 Å². The Morgan fingerprint density at radius 3 is 2.60 bits per heavy atom. The number of halogens is 1. The fraction of sp³-hybridized carbons (Fsp3) is 0.100. The number of anilines is 1. The van der Waals surface area contributed by atoms with Crippen molar-refractivity contribution in [3.63, 3.8) is 0 Å². The molecule has 30 heavy (non-hydrogen) atoms. The number of nitrogens with zero attached hydrogens (tertiary/aromatic N) is 3. The van der Waals surface area contributed by atoms with E-state index in [1.54, 1.807) is 37.4 Å². The molecule has 4 aromatic rings. The number of aromatic amines is 2. The van der Waals surface area contributed by atoms with Gasteiger partial charge in [-0.05, 0) is 36.4 Å². The average Bonchev–Trinajstić information content (AvgIpc) is 3.43. The molecule has 1 amide bonds. The molecule has 0 bridgehead atoms. The van der Waals surface area contributed by atoms with Gasteiger partial charge >= 0.3 is 0 Å². The Balaban J connectivity index is 1.56. The second kappa shape index (κ2) is 8.03. The minimum absolute atomic E-state index is 0.0825. The van der Waals surface area contributed by atoms with Gasteiger partial charge in [-0.1, -0.05) is 0 Å². The average molecular weight is 408 g/mol. The van der Waals surface area contributed by atoms with E-state index in [0.29, 0.717) is 34.1 Å². The zero-order chi connectivity index (χ0) is 21.1. The highest BCUT2D eigenvalue weighted by Crippen LogP contribution is 2.31. The van der Waals surface area contributed by atoms with E-state index in [1.807, 2.05) is 0 Å². The quantitative estimate of drug-likeness (QED) is 0.451. The van der Waals surface area contributed by atoms with Crippen LogP contribution in [0.5, 0.6) is 11.5 Å². The number of benzene rings is 2. The number of hydrogen-bond donors (Lipinski definition) is 3. The van der Waals surface area contributed by atoms with Crippen LogP contribution in [0.15, 0.2) is 48.7 Å². The molecule has 3 N–H and O–H groups in total. The van der Waals surface area contributed by atoms with Gasteiger partial charge in [0, 0.05) is 11.6 Å². The maximum atomic E-state index is 13.2.